The fourth-order valence-corrected chi connectivity index (χ4v) is 2.36. The first-order valence-corrected chi connectivity index (χ1v) is 6.27. The van der Waals surface area contributed by atoms with Crippen LogP contribution < -0.4 is 10.1 Å². The number of aliphatic hydroxyl groups is 1. The molecule has 18 heavy (non-hydrogen) atoms. The lowest BCUT2D eigenvalue weighted by Crippen LogP contribution is -2.36. The quantitative estimate of drug-likeness (QED) is 0.858. The van der Waals surface area contributed by atoms with E-state index in [1.54, 1.807) is 19.2 Å². The summed E-state index contributed by atoms with van der Waals surface area (Å²) in [6.07, 6.45) is 3.72. The number of benzene rings is 1. The summed E-state index contributed by atoms with van der Waals surface area (Å²) < 4.78 is 5.27. The van der Waals surface area contributed by atoms with Gasteiger partial charge in [-0.15, -0.1) is 0 Å². The van der Waals surface area contributed by atoms with Gasteiger partial charge >= 0.3 is 0 Å². The van der Waals surface area contributed by atoms with Crippen LogP contribution in [0.15, 0.2) is 18.2 Å². The maximum absolute atomic E-state index is 9.94. The SMILES string of the molecule is COc1cc(C#N)ccc1N[C@@H]1CCCC[C@H]1O. The number of nitriles is 1. The minimum Gasteiger partial charge on any atom is -0.495 e. The van der Waals surface area contributed by atoms with Crippen LogP contribution in [0.25, 0.3) is 0 Å². The first kappa shape index (κ1) is 12.7. The van der Waals surface area contributed by atoms with Crippen LogP contribution in [0, 0.1) is 11.3 Å². The van der Waals surface area contributed by atoms with Gasteiger partial charge < -0.3 is 15.2 Å². The van der Waals surface area contributed by atoms with Crippen molar-refractivity contribution < 1.29 is 9.84 Å². The molecular formula is C14H18N2O2. The molecule has 2 N–H and O–H groups in total. The van der Waals surface area contributed by atoms with Gasteiger partial charge in [-0.1, -0.05) is 12.8 Å². The maximum atomic E-state index is 9.94. The molecule has 1 fully saturated rings. The third-order valence-electron chi connectivity index (χ3n) is 3.40. The number of nitrogens with zero attached hydrogens (tertiary/aromatic N) is 1. The van der Waals surface area contributed by atoms with Crippen LogP contribution in [-0.4, -0.2) is 24.4 Å². The highest BCUT2D eigenvalue weighted by Gasteiger charge is 2.23. The number of hydrogen-bond acceptors (Lipinski definition) is 4. The second kappa shape index (κ2) is 5.74. The Hall–Kier alpha value is -1.73. The van der Waals surface area contributed by atoms with Gasteiger partial charge in [-0.3, -0.25) is 0 Å². The van der Waals surface area contributed by atoms with Gasteiger partial charge in [0.25, 0.3) is 0 Å². The fraction of sp³-hybridized carbons (Fsp3) is 0.500. The largest absolute Gasteiger partial charge is 0.495 e. The van der Waals surface area contributed by atoms with E-state index in [0.717, 1.165) is 31.4 Å². The Labute approximate surface area is 107 Å². The molecule has 2 atom stereocenters. The number of nitrogens with one attached hydrogen (secondary N) is 1. The Morgan fingerprint density at radius 1 is 1.39 bits per heavy atom. The third kappa shape index (κ3) is 2.74. The fourth-order valence-electron chi connectivity index (χ4n) is 2.36. The van der Waals surface area contributed by atoms with Gasteiger partial charge in [-0.25, -0.2) is 0 Å². The second-order valence-corrected chi connectivity index (χ2v) is 4.63. The van der Waals surface area contributed by atoms with E-state index in [1.165, 1.54) is 0 Å². The summed E-state index contributed by atoms with van der Waals surface area (Å²) in [5.74, 6) is 0.645. The van der Waals surface area contributed by atoms with Crippen molar-refractivity contribution in [2.45, 2.75) is 37.8 Å². The van der Waals surface area contributed by atoms with E-state index in [0.29, 0.717) is 11.3 Å². The Bertz CT molecular complexity index is 454. The van der Waals surface area contributed by atoms with Gasteiger partial charge in [0.2, 0.25) is 0 Å². The van der Waals surface area contributed by atoms with E-state index in [4.69, 9.17) is 10.00 Å². The summed E-state index contributed by atoms with van der Waals surface area (Å²) in [5.41, 5.74) is 1.41. The molecule has 0 spiro atoms. The molecule has 96 valence electrons. The highest BCUT2D eigenvalue weighted by atomic mass is 16.5. The molecule has 0 aliphatic heterocycles. The molecule has 1 saturated carbocycles. The van der Waals surface area contributed by atoms with Crippen LogP contribution in [0.5, 0.6) is 5.75 Å². The predicted octanol–water partition coefficient (Wildman–Crippen LogP) is 2.28. The minimum absolute atomic E-state index is 0.0700. The van der Waals surface area contributed by atoms with Crippen molar-refractivity contribution in [2.24, 2.45) is 0 Å². The Morgan fingerprint density at radius 2 is 2.17 bits per heavy atom. The highest BCUT2D eigenvalue weighted by molar-refractivity contribution is 5.60. The lowest BCUT2D eigenvalue weighted by molar-refractivity contribution is 0.116. The molecule has 0 heterocycles. The molecule has 1 aromatic rings. The van der Waals surface area contributed by atoms with E-state index in [-0.39, 0.29) is 12.1 Å². The predicted molar refractivity (Wildman–Crippen MR) is 69.6 cm³/mol. The normalized spacial score (nSPS) is 23.2. The lowest BCUT2D eigenvalue weighted by Gasteiger charge is -2.29. The molecule has 4 nitrogen and oxygen atoms in total. The molecule has 0 saturated heterocycles. The second-order valence-electron chi connectivity index (χ2n) is 4.63. The standard InChI is InChI=1S/C14H18N2O2/c1-18-14-8-10(9-15)6-7-12(14)16-11-4-2-3-5-13(11)17/h6-8,11,13,16-17H,2-5H2,1H3/t11-,13-/m1/s1. The average molecular weight is 246 g/mol. The van der Waals surface area contributed by atoms with Crippen molar-refractivity contribution in [3.05, 3.63) is 23.8 Å². The maximum Gasteiger partial charge on any atom is 0.143 e. The Kier molecular flexibility index (Phi) is 4.06. The monoisotopic (exact) mass is 246 g/mol. The summed E-state index contributed by atoms with van der Waals surface area (Å²) in [6.45, 7) is 0. The highest BCUT2D eigenvalue weighted by Crippen LogP contribution is 2.29. The summed E-state index contributed by atoms with van der Waals surface area (Å²) in [4.78, 5) is 0. The van der Waals surface area contributed by atoms with Crippen LogP contribution in [0.1, 0.15) is 31.2 Å². The van der Waals surface area contributed by atoms with E-state index >= 15 is 0 Å². The van der Waals surface area contributed by atoms with E-state index in [1.807, 2.05) is 6.07 Å². The van der Waals surface area contributed by atoms with Gasteiger partial charge in [0.15, 0.2) is 0 Å². The number of hydrogen-bond donors (Lipinski definition) is 2. The van der Waals surface area contributed by atoms with Gasteiger partial charge in [0.05, 0.1) is 36.6 Å². The van der Waals surface area contributed by atoms with Gasteiger partial charge in [-0.2, -0.15) is 5.26 Å². The first-order valence-electron chi connectivity index (χ1n) is 6.27. The van der Waals surface area contributed by atoms with Crippen molar-refractivity contribution in [2.75, 3.05) is 12.4 Å². The Balaban J connectivity index is 2.15. The van der Waals surface area contributed by atoms with Crippen molar-refractivity contribution >= 4 is 5.69 Å². The van der Waals surface area contributed by atoms with Gasteiger partial charge in [-0.05, 0) is 25.0 Å². The minimum atomic E-state index is -0.306. The van der Waals surface area contributed by atoms with Crippen molar-refractivity contribution in [3.8, 4) is 11.8 Å². The van der Waals surface area contributed by atoms with E-state index in [9.17, 15) is 5.11 Å². The molecule has 4 heteroatoms. The molecule has 0 bridgehead atoms. The zero-order valence-electron chi connectivity index (χ0n) is 10.5. The molecule has 0 aromatic heterocycles. The van der Waals surface area contributed by atoms with Crippen LogP contribution in [0.3, 0.4) is 0 Å². The zero-order valence-corrected chi connectivity index (χ0v) is 10.5. The summed E-state index contributed by atoms with van der Waals surface area (Å²) >= 11 is 0. The number of aliphatic hydroxyl groups excluding tert-OH is 1. The number of ether oxygens (including phenoxy) is 1. The van der Waals surface area contributed by atoms with Gasteiger partial charge in [0.1, 0.15) is 5.75 Å². The lowest BCUT2D eigenvalue weighted by atomic mass is 9.92. The molecule has 1 aliphatic rings. The molecule has 0 unspecified atom stereocenters. The Morgan fingerprint density at radius 3 is 2.83 bits per heavy atom. The van der Waals surface area contributed by atoms with Crippen LogP contribution >= 0.6 is 0 Å². The summed E-state index contributed by atoms with van der Waals surface area (Å²) in [7, 11) is 1.58. The molecule has 1 aromatic carbocycles. The van der Waals surface area contributed by atoms with Crippen LogP contribution in [0.2, 0.25) is 0 Å². The summed E-state index contributed by atoms with van der Waals surface area (Å²) in [6, 6.07) is 7.44. The summed E-state index contributed by atoms with van der Waals surface area (Å²) in [5, 5.41) is 22.1. The van der Waals surface area contributed by atoms with Gasteiger partial charge in [0, 0.05) is 6.07 Å². The molecular weight excluding hydrogens is 228 g/mol. The zero-order chi connectivity index (χ0) is 13.0. The molecule has 1 aliphatic carbocycles. The van der Waals surface area contributed by atoms with E-state index < -0.39 is 0 Å². The molecule has 0 radical (unpaired) electrons. The molecule has 2 rings (SSSR count). The topological polar surface area (TPSA) is 65.3 Å². The average Bonchev–Trinajstić information content (AvgIpc) is 2.41. The van der Waals surface area contributed by atoms with Crippen LogP contribution in [-0.2, 0) is 0 Å². The van der Waals surface area contributed by atoms with Crippen molar-refractivity contribution in [3.63, 3.8) is 0 Å². The number of rotatable bonds is 3. The van der Waals surface area contributed by atoms with Crippen molar-refractivity contribution in [1.82, 2.24) is 0 Å². The van der Waals surface area contributed by atoms with E-state index in [2.05, 4.69) is 11.4 Å². The smallest absolute Gasteiger partial charge is 0.143 e. The third-order valence-corrected chi connectivity index (χ3v) is 3.40. The number of methoxy groups -OCH3 is 1. The van der Waals surface area contributed by atoms with Crippen molar-refractivity contribution in [1.29, 1.82) is 5.26 Å². The first-order chi connectivity index (χ1) is 8.74. The number of anilines is 1. The van der Waals surface area contributed by atoms with Crippen LogP contribution in [0.4, 0.5) is 5.69 Å². The molecule has 0 amide bonds.